The molecule has 224 valence electrons. The van der Waals surface area contributed by atoms with E-state index in [9.17, 15) is 9.59 Å². The molecule has 0 saturated carbocycles. The molecule has 2 atom stereocenters. The molecule has 0 radical (unpaired) electrons. The van der Waals surface area contributed by atoms with Crippen LogP contribution in [-0.2, 0) is 27.2 Å². The second kappa shape index (κ2) is 13.7. The Morgan fingerprint density at radius 3 is 2.30 bits per heavy atom. The third-order valence-electron chi connectivity index (χ3n) is 7.54. The van der Waals surface area contributed by atoms with Crippen LogP contribution in [0.1, 0.15) is 49.8 Å². The minimum absolute atomic E-state index is 0.126. The van der Waals surface area contributed by atoms with Crippen molar-refractivity contribution in [2.75, 3.05) is 25.0 Å². The molecule has 7 heteroatoms. The third-order valence-corrected chi connectivity index (χ3v) is 7.54. The van der Waals surface area contributed by atoms with Gasteiger partial charge in [-0.3, -0.25) is 5.32 Å². The van der Waals surface area contributed by atoms with Gasteiger partial charge in [0.05, 0.1) is 25.9 Å². The van der Waals surface area contributed by atoms with Crippen molar-refractivity contribution >= 4 is 28.6 Å². The van der Waals surface area contributed by atoms with E-state index in [4.69, 9.17) is 14.2 Å². The van der Waals surface area contributed by atoms with Gasteiger partial charge in [-0.2, -0.15) is 0 Å². The molecular weight excluding hydrogens is 540 g/mol. The fraction of sp³-hybridized carbons (Fsp3) is 0.333. The number of hydrogen-bond donors (Lipinski definition) is 1. The number of nitrogens with zero attached hydrogens (tertiary/aromatic N) is 1. The molecule has 0 aromatic heterocycles. The van der Waals surface area contributed by atoms with E-state index in [0.29, 0.717) is 31.8 Å². The molecule has 2 amide bonds. The van der Waals surface area contributed by atoms with Gasteiger partial charge >= 0.3 is 12.2 Å². The van der Waals surface area contributed by atoms with Crippen molar-refractivity contribution in [1.29, 1.82) is 0 Å². The second-order valence-corrected chi connectivity index (χ2v) is 12.0. The first-order chi connectivity index (χ1) is 20.7. The Morgan fingerprint density at radius 2 is 1.56 bits per heavy atom. The summed E-state index contributed by atoms with van der Waals surface area (Å²) in [6.45, 7) is 7.44. The van der Waals surface area contributed by atoms with Gasteiger partial charge in [-0.1, -0.05) is 78.9 Å². The van der Waals surface area contributed by atoms with E-state index in [0.717, 1.165) is 17.5 Å². The molecule has 0 bridgehead atoms. The standard InChI is InChI=1S/C36H40N2O5/c1-36(2,3)43-35(40)38-21-19-32(33(24-38)42-25-27-15-16-28-9-7-8-10-30(28)23-27)29-17-13-26(14-18-29)20-22-41-34(39)37-31-11-5-4-6-12-31/h4-18,23,32-33H,19-22,24-25H2,1-3H3,(H,37,39). The molecule has 0 aliphatic carbocycles. The number of nitrogens with one attached hydrogen (secondary N) is 1. The minimum Gasteiger partial charge on any atom is -0.449 e. The van der Waals surface area contributed by atoms with Crippen LogP contribution in [0.15, 0.2) is 97.1 Å². The number of likely N-dealkylation sites (tertiary alicyclic amines) is 1. The van der Waals surface area contributed by atoms with Crippen molar-refractivity contribution in [3.8, 4) is 0 Å². The number of rotatable bonds is 8. The van der Waals surface area contributed by atoms with Gasteiger partial charge in [0.15, 0.2) is 0 Å². The highest BCUT2D eigenvalue weighted by Crippen LogP contribution is 2.32. The summed E-state index contributed by atoms with van der Waals surface area (Å²) in [7, 11) is 0. The Hall–Kier alpha value is -4.36. The fourth-order valence-corrected chi connectivity index (χ4v) is 5.36. The Labute approximate surface area is 253 Å². The van der Waals surface area contributed by atoms with Crippen LogP contribution < -0.4 is 5.32 Å². The predicted molar refractivity (Wildman–Crippen MR) is 169 cm³/mol. The summed E-state index contributed by atoms with van der Waals surface area (Å²) >= 11 is 0. The summed E-state index contributed by atoms with van der Waals surface area (Å²) in [6, 6.07) is 32.3. The van der Waals surface area contributed by atoms with Crippen molar-refractivity contribution in [1.82, 2.24) is 4.90 Å². The van der Waals surface area contributed by atoms with Gasteiger partial charge in [0.25, 0.3) is 0 Å². The molecule has 1 heterocycles. The van der Waals surface area contributed by atoms with Gasteiger partial charge in [0, 0.05) is 24.6 Å². The van der Waals surface area contributed by atoms with Crippen LogP contribution >= 0.6 is 0 Å². The Morgan fingerprint density at radius 1 is 0.860 bits per heavy atom. The number of benzene rings is 4. The van der Waals surface area contributed by atoms with Crippen LogP contribution in [0.5, 0.6) is 0 Å². The van der Waals surface area contributed by atoms with Gasteiger partial charge < -0.3 is 19.1 Å². The van der Waals surface area contributed by atoms with Gasteiger partial charge in [0.2, 0.25) is 0 Å². The Kier molecular flexibility index (Phi) is 9.62. The number of anilines is 1. The summed E-state index contributed by atoms with van der Waals surface area (Å²) in [6.07, 6.45) is 0.414. The van der Waals surface area contributed by atoms with E-state index >= 15 is 0 Å². The topological polar surface area (TPSA) is 77.1 Å². The zero-order valence-corrected chi connectivity index (χ0v) is 25.1. The highest BCUT2D eigenvalue weighted by atomic mass is 16.6. The fourth-order valence-electron chi connectivity index (χ4n) is 5.36. The van der Waals surface area contributed by atoms with E-state index in [1.807, 2.05) is 63.2 Å². The number of hydrogen-bond acceptors (Lipinski definition) is 5. The zero-order chi connectivity index (χ0) is 30.2. The van der Waals surface area contributed by atoms with Crippen LogP contribution in [0, 0.1) is 0 Å². The molecule has 1 aliphatic rings. The lowest BCUT2D eigenvalue weighted by molar-refractivity contribution is -0.0359. The Bertz CT molecular complexity index is 1510. The molecule has 0 spiro atoms. The molecule has 5 rings (SSSR count). The maximum absolute atomic E-state index is 12.9. The van der Waals surface area contributed by atoms with Gasteiger partial charge in [-0.15, -0.1) is 0 Å². The summed E-state index contributed by atoms with van der Waals surface area (Å²) in [5, 5.41) is 5.10. The van der Waals surface area contributed by atoms with Gasteiger partial charge in [-0.25, -0.2) is 9.59 Å². The van der Waals surface area contributed by atoms with E-state index in [1.165, 1.54) is 16.3 Å². The third kappa shape index (κ3) is 8.58. The van der Waals surface area contributed by atoms with E-state index < -0.39 is 11.7 Å². The maximum atomic E-state index is 12.9. The first kappa shape index (κ1) is 30.1. The first-order valence-corrected chi connectivity index (χ1v) is 14.9. The quantitative estimate of drug-likeness (QED) is 0.229. The van der Waals surface area contributed by atoms with E-state index in [2.05, 4.69) is 59.9 Å². The van der Waals surface area contributed by atoms with Crippen molar-refractivity contribution in [3.05, 3.63) is 114 Å². The van der Waals surface area contributed by atoms with Crippen molar-refractivity contribution in [2.45, 2.75) is 57.8 Å². The number of ether oxygens (including phenoxy) is 3. The normalized spacial score (nSPS) is 17.0. The monoisotopic (exact) mass is 580 g/mol. The van der Waals surface area contributed by atoms with Crippen molar-refractivity contribution < 1.29 is 23.8 Å². The number of piperidine rings is 1. The predicted octanol–water partition coefficient (Wildman–Crippen LogP) is 7.94. The zero-order valence-electron chi connectivity index (χ0n) is 25.1. The van der Waals surface area contributed by atoms with Crippen molar-refractivity contribution in [3.63, 3.8) is 0 Å². The largest absolute Gasteiger partial charge is 0.449 e. The lowest BCUT2D eigenvalue weighted by Crippen LogP contribution is -2.48. The lowest BCUT2D eigenvalue weighted by atomic mass is 9.86. The molecule has 43 heavy (non-hydrogen) atoms. The molecule has 1 fully saturated rings. The minimum atomic E-state index is -0.558. The molecule has 4 aromatic rings. The van der Waals surface area contributed by atoms with Crippen LogP contribution in [0.25, 0.3) is 10.8 Å². The first-order valence-electron chi connectivity index (χ1n) is 14.9. The van der Waals surface area contributed by atoms with E-state index in [-0.39, 0.29) is 24.7 Å². The average molecular weight is 581 g/mol. The molecule has 1 aliphatic heterocycles. The number of amides is 2. The smallest absolute Gasteiger partial charge is 0.411 e. The Balaban J connectivity index is 1.22. The number of carbonyl (C=O) groups excluding carboxylic acids is 2. The van der Waals surface area contributed by atoms with Crippen molar-refractivity contribution in [2.24, 2.45) is 0 Å². The van der Waals surface area contributed by atoms with Gasteiger partial charge in [0.1, 0.15) is 5.60 Å². The maximum Gasteiger partial charge on any atom is 0.411 e. The SMILES string of the molecule is CC(C)(C)OC(=O)N1CCC(c2ccc(CCOC(=O)Nc3ccccc3)cc2)C(OCc2ccc3ccccc3c2)C1. The molecular formula is C36H40N2O5. The number of para-hydroxylation sites is 1. The molecule has 7 nitrogen and oxygen atoms in total. The summed E-state index contributed by atoms with van der Waals surface area (Å²) < 4.78 is 17.6. The van der Waals surface area contributed by atoms with Crippen LogP contribution in [0.4, 0.5) is 15.3 Å². The van der Waals surface area contributed by atoms with E-state index in [1.54, 1.807) is 4.90 Å². The van der Waals surface area contributed by atoms with Gasteiger partial charge in [-0.05, 0) is 72.9 Å². The molecule has 2 unspecified atom stereocenters. The summed E-state index contributed by atoms with van der Waals surface area (Å²) in [4.78, 5) is 26.8. The average Bonchev–Trinajstić information content (AvgIpc) is 3.00. The van der Waals surface area contributed by atoms with Crippen LogP contribution in [-0.4, -0.2) is 48.5 Å². The number of carbonyl (C=O) groups is 2. The summed E-state index contributed by atoms with van der Waals surface area (Å²) in [5.74, 6) is 0.126. The molecule has 4 aromatic carbocycles. The highest BCUT2D eigenvalue weighted by molar-refractivity contribution is 5.84. The van der Waals surface area contributed by atoms with Crippen LogP contribution in [0.2, 0.25) is 0 Å². The molecule has 1 N–H and O–H groups in total. The lowest BCUT2D eigenvalue weighted by Gasteiger charge is -2.39. The number of fused-ring (bicyclic) bond motifs is 1. The summed E-state index contributed by atoms with van der Waals surface area (Å²) in [5.41, 5.74) is 3.48. The molecule has 1 saturated heterocycles. The van der Waals surface area contributed by atoms with Crippen LogP contribution in [0.3, 0.4) is 0 Å². The second-order valence-electron chi connectivity index (χ2n) is 12.0. The highest BCUT2D eigenvalue weighted by Gasteiger charge is 2.35.